The predicted octanol–water partition coefficient (Wildman–Crippen LogP) is 1.60. The summed E-state index contributed by atoms with van der Waals surface area (Å²) in [5.74, 6) is 0. The molecule has 0 fully saturated rings. The third-order valence-corrected chi connectivity index (χ3v) is 2.02. The van der Waals surface area contributed by atoms with Gasteiger partial charge in [0.15, 0.2) is 0 Å². The first kappa shape index (κ1) is 11.5. The lowest BCUT2D eigenvalue weighted by molar-refractivity contribution is -0.211. The maximum atomic E-state index is 9.13. The van der Waals surface area contributed by atoms with Crippen molar-refractivity contribution in [3.8, 4) is 0 Å². The Morgan fingerprint density at radius 2 is 2.09 bits per heavy atom. The van der Waals surface area contributed by atoms with E-state index < -0.39 is 6.72 Å². The first-order chi connectivity index (χ1) is 5.12. The monoisotopic (exact) mass is 200 g/mol. The lowest BCUT2D eigenvalue weighted by Gasteiger charge is -2.12. The van der Waals surface area contributed by atoms with E-state index >= 15 is 0 Å². The van der Waals surface area contributed by atoms with Crippen LogP contribution in [0, 0.1) is 0 Å². The third kappa shape index (κ3) is 6.87. The van der Waals surface area contributed by atoms with Crippen LogP contribution in [0.5, 0.6) is 0 Å². The Balaban J connectivity index is 3.53. The molecule has 68 valence electrons. The van der Waals surface area contributed by atoms with Crippen molar-refractivity contribution < 1.29 is 19.0 Å². The predicted molar refractivity (Wildman–Crippen MR) is 45.5 cm³/mol. The van der Waals surface area contributed by atoms with Crippen LogP contribution < -0.4 is 0 Å². The molecule has 0 radical (unpaired) electrons. The van der Waals surface area contributed by atoms with E-state index in [2.05, 4.69) is 21.4 Å². The average molecular weight is 200 g/mol. The molecule has 0 aliphatic heterocycles. The van der Waals surface area contributed by atoms with E-state index in [1.54, 1.807) is 6.92 Å². The maximum Gasteiger partial charge on any atom is 0.353 e. The van der Waals surface area contributed by atoms with E-state index in [0.29, 0.717) is 13.2 Å². The fraction of sp³-hybridized carbons (Fsp3) is 1.00. The SMILES string of the molecule is CCCOP(O)(=S)OOCC. The van der Waals surface area contributed by atoms with Crippen molar-refractivity contribution in [3.63, 3.8) is 0 Å². The van der Waals surface area contributed by atoms with E-state index in [4.69, 9.17) is 9.42 Å². The molecule has 0 aliphatic carbocycles. The molecule has 0 aromatic carbocycles. The first-order valence-electron chi connectivity index (χ1n) is 3.41. The van der Waals surface area contributed by atoms with Gasteiger partial charge in [0.2, 0.25) is 0 Å². The maximum absolute atomic E-state index is 9.13. The van der Waals surface area contributed by atoms with Crippen LogP contribution in [0.4, 0.5) is 0 Å². The lowest BCUT2D eigenvalue weighted by atomic mass is 10.5. The third-order valence-electron chi connectivity index (χ3n) is 0.723. The summed E-state index contributed by atoms with van der Waals surface area (Å²) in [6.07, 6.45) is 0.786. The highest BCUT2D eigenvalue weighted by molar-refractivity contribution is 8.07. The average Bonchev–Trinajstić information content (AvgIpc) is 1.97. The first-order valence-corrected chi connectivity index (χ1v) is 6.00. The van der Waals surface area contributed by atoms with Crippen molar-refractivity contribution in [3.05, 3.63) is 0 Å². The zero-order chi connectivity index (χ0) is 8.74. The van der Waals surface area contributed by atoms with Gasteiger partial charge < -0.3 is 9.42 Å². The number of hydrogen-bond donors (Lipinski definition) is 1. The van der Waals surface area contributed by atoms with Gasteiger partial charge >= 0.3 is 6.72 Å². The van der Waals surface area contributed by atoms with Crippen LogP contribution in [-0.4, -0.2) is 18.1 Å². The summed E-state index contributed by atoms with van der Waals surface area (Å²) in [4.78, 5) is 13.6. The molecule has 4 nitrogen and oxygen atoms in total. The summed E-state index contributed by atoms with van der Waals surface area (Å²) in [5.41, 5.74) is 0. The van der Waals surface area contributed by atoms with Crippen LogP contribution in [0.25, 0.3) is 0 Å². The number of rotatable bonds is 6. The molecule has 0 rings (SSSR count). The number of hydrogen-bond acceptors (Lipinski definition) is 4. The Morgan fingerprint density at radius 3 is 2.55 bits per heavy atom. The van der Waals surface area contributed by atoms with Crippen LogP contribution in [0.1, 0.15) is 20.3 Å². The Bertz CT molecular complexity index is 128. The second kappa shape index (κ2) is 6.06. The summed E-state index contributed by atoms with van der Waals surface area (Å²) in [6, 6.07) is 0. The van der Waals surface area contributed by atoms with Crippen LogP contribution in [0.3, 0.4) is 0 Å². The van der Waals surface area contributed by atoms with E-state index in [0.717, 1.165) is 6.42 Å². The normalized spacial score (nSPS) is 16.3. The van der Waals surface area contributed by atoms with Crippen LogP contribution in [0.2, 0.25) is 0 Å². The van der Waals surface area contributed by atoms with Crippen molar-refractivity contribution in [1.82, 2.24) is 0 Å². The van der Waals surface area contributed by atoms with E-state index in [1.165, 1.54) is 0 Å². The second-order valence-corrected chi connectivity index (χ2v) is 4.51. The molecule has 0 spiro atoms. The standard InChI is InChI=1S/C5H13O4PS/c1-3-5-8-10(6,11)9-7-4-2/h3-5H2,1-2H3,(H,6,11). The summed E-state index contributed by atoms with van der Waals surface area (Å²) in [5, 5.41) is 0. The van der Waals surface area contributed by atoms with Gasteiger partial charge in [-0.3, -0.25) is 0 Å². The summed E-state index contributed by atoms with van der Waals surface area (Å²) >= 11 is 4.57. The molecule has 0 aliphatic rings. The molecule has 0 aromatic rings. The quantitative estimate of drug-likeness (QED) is 0.401. The molecule has 1 atom stereocenters. The summed E-state index contributed by atoms with van der Waals surface area (Å²) < 4.78 is 9.25. The van der Waals surface area contributed by atoms with Gasteiger partial charge in [-0.05, 0) is 25.2 Å². The van der Waals surface area contributed by atoms with Crippen molar-refractivity contribution in [2.75, 3.05) is 13.2 Å². The molecular weight excluding hydrogens is 187 g/mol. The molecule has 1 unspecified atom stereocenters. The molecule has 0 saturated heterocycles. The molecule has 0 bridgehead atoms. The van der Waals surface area contributed by atoms with E-state index in [9.17, 15) is 0 Å². The smallest absolute Gasteiger partial charge is 0.323 e. The molecule has 0 heterocycles. The van der Waals surface area contributed by atoms with E-state index in [1.807, 2.05) is 6.92 Å². The minimum Gasteiger partial charge on any atom is -0.323 e. The molecule has 11 heavy (non-hydrogen) atoms. The molecule has 0 amide bonds. The van der Waals surface area contributed by atoms with Crippen molar-refractivity contribution in [2.24, 2.45) is 0 Å². The Hall–Kier alpha value is 0.490. The van der Waals surface area contributed by atoms with Gasteiger partial charge in [-0.25, -0.2) is 4.89 Å². The minimum absolute atomic E-state index is 0.342. The minimum atomic E-state index is -3.11. The second-order valence-electron chi connectivity index (χ2n) is 1.78. The van der Waals surface area contributed by atoms with Crippen molar-refractivity contribution in [2.45, 2.75) is 20.3 Å². The van der Waals surface area contributed by atoms with Crippen LogP contribution in [-0.2, 0) is 25.9 Å². The van der Waals surface area contributed by atoms with Crippen LogP contribution >= 0.6 is 6.72 Å². The van der Waals surface area contributed by atoms with Gasteiger partial charge in [0.1, 0.15) is 0 Å². The van der Waals surface area contributed by atoms with Gasteiger partial charge in [0, 0.05) is 0 Å². The zero-order valence-electron chi connectivity index (χ0n) is 6.65. The van der Waals surface area contributed by atoms with Gasteiger partial charge in [0.05, 0.1) is 13.2 Å². The highest BCUT2D eigenvalue weighted by Crippen LogP contribution is 2.43. The van der Waals surface area contributed by atoms with Gasteiger partial charge in [-0.15, -0.1) is 4.67 Å². The fourth-order valence-electron chi connectivity index (χ4n) is 0.347. The van der Waals surface area contributed by atoms with Crippen molar-refractivity contribution in [1.29, 1.82) is 0 Å². The van der Waals surface area contributed by atoms with Crippen molar-refractivity contribution >= 4 is 18.5 Å². The summed E-state index contributed by atoms with van der Waals surface area (Å²) in [7, 11) is 0. The molecular formula is C5H13O4PS. The zero-order valence-corrected chi connectivity index (χ0v) is 8.36. The Labute approximate surface area is 71.6 Å². The molecule has 1 N–H and O–H groups in total. The van der Waals surface area contributed by atoms with Gasteiger partial charge in [-0.2, -0.15) is 0 Å². The molecule has 6 heteroatoms. The Morgan fingerprint density at radius 1 is 1.45 bits per heavy atom. The fourth-order valence-corrected chi connectivity index (χ4v) is 1.40. The van der Waals surface area contributed by atoms with E-state index in [-0.39, 0.29) is 0 Å². The topological polar surface area (TPSA) is 47.9 Å². The highest BCUT2D eigenvalue weighted by Gasteiger charge is 2.14. The summed E-state index contributed by atoms with van der Waals surface area (Å²) in [6.45, 7) is 1.26. The highest BCUT2D eigenvalue weighted by atomic mass is 32.5. The Kier molecular flexibility index (Phi) is 6.33. The van der Waals surface area contributed by atoms with Gasteiger partial charge in [-0.1, -0.05) is 6.92 Å². The van der Waals surface area contributed by atoms with Gasteiger partial charge in [0.25, 0.3) is 0 Å². The lowest BCUT2D eigenvalue weighted by Crippen LogP contribution is -1.96. The molecule has 0 saturated carbocycles. The van der Waals surface area contributed by atoms with Crippen LogP contribution in [0.15, 0.2) is 0 Å². The largest absolute Gasteiger partial charge is 0.353 e. The molecule has 0 aromatic heterocycles.